The third-order valence-corrected chi connectivity index (χ3v) is 5.62. The molecule has 0 radical (unpaired) electrons. The lowest BCUT2D eigenvalue weighted by Crippen LogP contribution is -2.57. The van der Waals surface area contributed by atoms with Crippen LogP contribution in [-0.4, -0.2) is 49.2 Å². The molecule has 1 fully saturated rings. The number of nitrogens with zero attached hydrogens (tertiary/aromatic N) is 1. The number of likely N-dealkylation sites (tertiary alicyclic amines) is 1. The molecule has 7 heteroatoms. The highest BCUT2D eigenvalue weighted by molar-refractivity contribution is 7.92. The van der Waals surface area contributed by atoms with E-state index in [9.17, 15) is 18.0 Å². The summed E-state index contributed by atoms with van der Waals surface area (Å²) in [6, 6.07) is 6.54. The summed E-state index contributed by atoms with van der Waals surface area (Å²) in [6.45, 7) is 3.53. The van der Waals surface area contributed by atoms with E-state index in [1.165, 1.54) is 11.8 Å². The molecule has 0 saturated carbocycles. The predicted molar refractivity (Wildman–Crippen MR) is 79.9 cm³/mol. The Balaban J connectivity index is 1.98. The van der Waals surface area contributed by atoms with Crippen molar-refractivity contribution in [2.75, 3.05) is 24.2 Å². The van der Waals surface area contributed by atoms with Gasteiger partial charge < -0.3 is 10.2 Å². The molecule has 2 rings (SSSR count). The molecule has 0 unspecified atom stereocenters. The minimum absolute atomic E-state index is 0.102. The molecule has 0 aliphatic carbocycles. The maximum atomic E-state index is 12.2. The van der Waals surface area contributed by atoms with E-state index in [4.69, 9.17) is 0 Å². The molecule has 1 aromatic carbocycles. The van der Waals surface area contributed by atoms with E-state index in [1.807, 2.05) is 0 Å². The van der Waals surface area contributed by atoms with Gasteiger partial charge in [0.25, 0.3) is 5.91 Å². The van der Waals surface area contributed by atoms with Gasteiger partial charge in [-0.2, -0.15) is 0 Å². The molecule has 6 nitrogen and oxygen atoms in total. The molecule has 0 atom stereocenters. The van der Waals surface area contributed by atoms with E-state index in [0.717, 1.165) is 0 Å². The van der Waals surface area contributed by atoms with Crippen molar-refractivity contribution in [1.82, 2.24) is 4.90 Å². The van der Waals surface area contributed by atoms with Crippen LogP contribution < -0.4 is 5.32 Å². The van der Waals surface area contributed by atoms with E-state index < -0.39 is 15.1 Å². The number of carbonyl (C=O) groups is 2. The van der Waals surface area contributed by atoms with E-state index in [-0.39, 0.29) is 30.7 Å². The molecule has 2 amide bonds. The van der Waals surface area contributed by atoms with E-state index in [1.54, 1.807) is 31.2 Å². The predicted octanol–water partition coefficient (Wildman–Crippen LogP) is 0.904. The van der Waals surface area contributed by atoms with E-state index >= 15 is 0 Å². The van der Waals surface area contributed by atoms with Crippen LogP contribution in [-0.2, 0) is 14.6 Å². The average Bonchev–Trinajstić information content (AvgIpc) is 2.36. The van der Waals surface area contributed by atoms with Gasteiger partial charge in [-0.25, -0.2) is 8.42 Å². The van der Waals surface area contributed by atoms with Gasteiger partial charge in [-0.1, -0.05) is 6.92 Å². The standard InChI is InChI=1S/C14H18N2O4S/c1-3-21(19,20)13-8-16(9-13)14(18)11-4-6-12(7-5-11)15-10(2)17/h4-7,13H,3,8-9H2,1-2H3,(H,15,17). The molecule has 1 aliphatic heterocycles. The molecule has 0 spiro atoms. The molecular weight excluding hydrogens is 292 g/mol. The molecule has 1 saturated heterocycles. The number of carbonyl (C=O) groups excluding carboxylic acids is 2. The molecule has 1 aliphatic rings. The maximum absolute atomic E-state index is 12.2. The molecule has 1 heterocycles. The summed E-state index contributed by atoms with van der Waals surface area (Å²) in [5, 5.41) is 2.18. The van der Waals surface area contributed by atoms with E-state index in [0.29, 0.717) is 11.3 Å². The Hall–Kier alpha value is -1.89. The lowest BCUT2D eigenvalue weighted by Gasteiger charge is -2.38. The van der Waals surface area contributed by atoms with Gasteiger partial charge in [0.2, 0.25) is 5.91 Å². The number of benzene rings is 1. The molecule has 0 aromatic heterocycles. The Morgan fingerprint density at radius 3 is 2.29 bits per heavy atom. The van der Waals surface area contributed by atoms with Crippen LogP contribution in [0.15, 0.2) is 24.3 Å². The first-order chi connectivity index (χ1) is 9.83. The topological polar surface area (TPSA) is 83.6 Å². The van der Waals surface area contributed by atoms with Gasteiger partial charge in [0.05, 0.1) is 5.25 Å². The van der Waals surface area contributed by atoms with Crippen molar-refractivity contribution in [3.63, 3.8) is 0 Å². The average molecular weight is 310 g/mol. The highest BCUT2D eigenvalue weighted by Crippen LogP contribution is 2.20. The van der Waals surface area contributed by atoms with Crippen LogP contribution in [0.25, 0.3) is 0 Å². The van der Waals surface area contributed by atoms with Crippen LogP contribution in [0.5, 0.6) is 0 Å². The Labute approximate surface area is 124 Å². The zero-order valence-electron chi connectivity index (χ0n) is 12.0. The Morgan fingerprint density at radius 2 is 1.81 bits per heavy atom. The van der Waals surface area contributed by atoms with Crippen molar-refractivity contribution in [3.8, 4) is 0 Å². The molecule has 1 N–H and O–H groups in total. The number of amides is 2. The van der Waals surface area contributed by atoms with Crippen molar-refractivity contribution < 1.29 is 18.0 Å². The number of rotatable bonds is 4. The monoisotopic (exact) mass is 310 g/mol. The van der Waals surface area contributed by atoms with Crippen molar-refractivity contribution >= 4 is 27.3 Å². The largest absolute Gasteiger partial charge is 0.336 e. The number of anilines is 1. The first-order valence-corrected chi connectivity index (χ1v) is 8.43. The van der Waals surface area contributed by atoms with Gasteiger partial charge in [0.1, 0.15) is 0 Å². The zero-order chi connectivity index (χ0) is 15.6. The Bertz CT molecular complexity index is 646. The van der Waals surface area contributed by atoms with Crippen LogP contribution in [0.2, 0.25) is 0 Å². The van der Waals surface area contributed by atoms with Crippen LogP contribution in [0, 0.1) is 0 Å². The lowest BCUT2D eigenvalue weighted by atomic mass is 10.1. The summed E-state index contributed by atoms with van der Waals surface area (Å²) in [7, 11) is -3.07. The third-order valence-electron chi connectivity index (χ3n) is 3.50. The second-order valence-electron chi connectivity index (χ2n) is 5.04. The third kappa shape index (κ3) is 3.41. The van der Waals surface area contributed by atoms with Crippen molar-refractivity contribution in [1.29, 1.82) is 0 Å². The smallest absolute Gasteiger partial charge is 0.253 e. The maximum Gasteiger partial charge on any atom is 0.253 e. The summed E-state index contributed by atoms with van der Waals surface area (Å²) < 4.78 is 23.3. The van der Waals surface area contributed by atoms with Gasteiger partial charge in [0.15, 0.2) is 9.84 Å². The summed E-state index contributed by atoms with van der Waals surface area (Å²) >= 11 is 0. The van der Waals surface area contributed by atoms with Crippen molar-refractivity contribution in [3.05, 3.63) is 29.8 Å². The Kier molecular flexibility index (Phi) is 4.32. The second kappa shape index (κ2) is 5.85. The fraction of sp³-hybridized carbons (Fsp3) is 0.429. The molecule has 0 bridgehead atoms. The Morgan fingerprint density at radius 1 is 1.24 bits per heavy atom. The first-order valence-electron chi connectivity index (χ1n) is 6.72. The summed E-state index contributed by atoms with van der Waals surface area (Å²) in [5.74, 6) is -0.262. The SMILES string of the molecule is CCS(=O)(=O)C1CN(C(=O)c2ccc(NC(C)=O)cc2)C1. The normalized spacial score (nSPS) is 15.4. The number of sulfone groups is 1. The molecule has 114 valence electrons. The number of hydrogen-bond donors (Lipinski definition) is 1. The highest BCUT2D eigenvalue weighted by Gasteiger charge is 2.38. The van der Waals surface area contributed by atoms with Gasteiger partial charge in [-0.3, -0.25) is 9.59 Å². The van der Waals surface area contributed by atoms with E-state index in [2.05, 4.69) is 5.32 Å². The van der Waals surface area contributed by atoms with Crippen molar-refractivity contribution in [2.45, 2.75) is 19.1 Å². The summed E-state index contributed by atoms with van der Waals surface area (Å²) in [4.78, 5) is 24.6. The molecular formula is C14H18N2O4S. The van der Waals surface area contributed by atoms with Crippen LogP contribution in [0.3, 0.4) is 0 Å². The first kappa shape index (κ1) is 15.5. The minimum atomic E-state index is -3.07. The summed E-state index contributed by atoms with van der Waals surface area (Å²) in [6.07, 6.45) is 0. The minimum Gasteiger partial charge on any atom is -0.336 e. The summed E-state index contributed by atoms with van der Waals surface area (Å²) in [5.41, 5.74) is 1.10. The van der Waals surface area contributed by atoms with Crippen LogP contribution >= 0.6 is 0 Å². The van der Waals surface area contributed by atoms with Crippen LogP contribution in [0.1, 0.15) is 24.2 Å². The van der Waals surface area contributed by atoms with Crippen molar-refractivity contribution in [2.24, 2.45) is 0 Å². The zero-order valence-corrected chi connectivity index (χ0v) is 12.8. The fourth-order valence-electron chi connectivity index (χ4n) is 2.15. The quantitative estimate of drug-likeness (QED) is 0.896. The second-order valence-corrected chi connectivity index (χ2v) is 7.61. The fourth-order valence-corrected chi connectivity index (χ4v) is 3.43. The number of hydrogen-bond acceptors (Lipinski definition) is 4. The molecule has 21 heavy (non-hydrogen) atoms. The number of nitrogens with one attached hydrogen (secondary N) is 1. The highest BCUT2D eigenvalue weighted by atomic mass is 32.2. The van der Waals surface area contributed by atoms with Gasteiger partial charge in [-0.15, -0.1) is 0 Å². The van der Waals surface area contributed by atoms with Gasteiger partial charge >= 0.3 is 0 Å². The van der Waals surface area contributed by atoms with Gasteiger partial charge in [0, 0.05) is 37.0 Å². The van der Waals surface area contributed by atoms with Gasteiger partial charge in [-0.05, 0) is 24.3 Å². The lowest BCUT2D eigenvalue weighted by molar-refractivity contribution is -0.114. The molecule has 1 aromatic rings. The van der Waals surface area contributed by atoms with Crippen LogP contribution in [0.4, 0.5) is 5.69 Å².